The maximum absolute atomic E-state index is 12.6. The summed E-state index contributed by atoms with van der Waals surface area (Å²) in [4.78, 5) is 25.3. The van der Waals surface area contributed by atoms with Crippen LogP contribution in [0.2, 0.25) is 5.02 Å². The number of nitrogens with one attached hydrogen (secondary N) is 2. The summed E-state index contributed by atoms with van der Waals surface area (Å²) in [5, 5.41) is 4.71. The molecule has 0 radical (unpaired) electrons. The van der Waals surface area contributed by atoms with Gasteiger partial charge in [-0.1, -0.05) is 11.6 Å². The molecule has 1 aliphatic rings. The predicted molar refractivity (Wildman–Crippen MR) is 79.3 cm³/mol. The molecule has 1 fully saturated rings. The molecule has 0 saturated carbocycles. The van der Waals surface area contributed by atoms with Crippen molar-refractivity contribution in [2.45, 2.75) is 25.1 Å². The van der Waals surface area contributed by atoms with Crippen LogP contribution in [0.25, 0.3) is 0 Å². The van der Waals surface area contributed by atoms with Crippen LogP contribution in [0.15, 0.2) is 18.2 Å². The van der Waals surface area contributed by atoms with Gasteiger partial charge in [-0.15, -0.1) is 0 Å². The number of amides is 3. The number of carbonyl (C=O) groups is 2. The average molecular weight is 350 g/mol. The lowest BCUT2D eigenvalue weighted by Crippen LogP contribution is -2.46. The molecule has 2 rings (SSSR count). The maximum Gasteiger partial charge on any atom is 0.416 e. The summed E-state index contributed by atoms with van der Waals surface area (Å²) >= 11 is 5.80. The van der Waals surface area contributed by atoms with Crippen LogP contribution in [0, 0.1) is 0 Å². The highest BCUT2D eigenvalue weighted by Crippen LogP contribution is 2.34. The summed E-state index contributed by atoms with van der Waals surface area (Å²) in [5.41, 5.74) is -0.836. The lowest BCUT2D eigenvalue weighted by molar-refractivity contribution is -0.137. The Bertz CT molecular complexity index is 622. The molecule has 1 saturated heterocycles. The fourth-order valence-electron chi connectivity index (χ4n) is 2.43. The first-order chi connectivity index (χ1) is 10.7. The Labute approximate surface area is 135 Å². The first kappa shape index (κ1) is 17.4. The van der Waals surface area contributed by atoms with E-state index in [4.69, 9.17) is 11.6 Å². The molecule has 5 nitrogen and oxygen atoms in total. The molecular formula is C14H15ClF3N3O2. The summed E-state index contributed by atoms with van der Waals surface area (Å²) in [7, 11) is 1.48. The molecule has 0 aromatic heterocycles. The van der Waals surface area contributed by atoms with E-state index >= 15 is 0 Å². The van der Waals surface area contributed by atoms with Crippen LogP contribution in [-0.2, 0) is 11.0 Å². The number of carbonyl (C=O) groups excluding carboxylic acids is 2. The van der Waals surface area contributed by atoms with Crippen LogP contribution in [0.4, 0.5) is 23.7 Å². The van der Waals surface area contributed by atoms with Crippen LogP contribution in [0.3, 0.4) is 0 Å². The second-order valence-electron chi connectivity index (χ2n) is 5.09. The minimum Gasteiger partial charge on any atom is -0.357 e. The molecule has 3 amide bonds. The zero-order valence-corrected chi connectivity index (χ0v) is 13.0. The zero-order chi connectivity index (χ0) is 17.2. The van der Waals surface area contributed by atoms with Crippen LogP contribution in [-0.4, -0.2) is 36.5 Å². The molecule has 0 bridgehead atoms. The number of rotatable bonds is 2. The van der Waals surface area contributed by atoms with Gasteiger partial charge in [0.2, 0.25) is 5.91 Å². The van der Waals surface area contributed by atoms with E-state index in [2.05, 4.69) is 10.6 Å². The smallest absolute Gasteiger partial charge is 0.357 e. The topological polar surface area (TPSA) is 61.4 Å². The molecule has 1 aliphatic heterocycles. The molecule has 1 aromatic carbocycles. The van der Waals surface area contributed by atoms with E-state index in [1.807, 2.05) is 0 Å². The third-order valence-corrected chi connectivity index (χ3v) is 3.91. The largest absolute Gasteiger partial charge is 0.416 e. The highest BCUT2D eigenvalue weighted by Gasteiger charge is 2.34. The molecule has 1 atom stereocenters. The maximum atomic E-state index is 12.6. The monoisotopic (exact) mass is 349 g/mol. The van der Waals surface area contributed by atoms with Gasteiger partial charge in [0, 0.05) is 13.6 Å². The summed E-state index contributed by atoms with van der Waals surface area (Å²) in [6.45, 7) is 0.391. The number of hydrogen-bond acceptors (Lipinski definition) is 2. The molecule has 9 heteroatoms. The van der Waals surface area contributed by atoms with Crippen LogP contribution in [0.5, 0.6) is 0 Å². The van der Waals surface area contributed by atoms with Gasteiger partial charge in [-0.05, 0) is 31.0 Å². The molecule has 126 valence electrons. The van der Waals surface area contributed by atoms with Crippen molar-refractivity contribution in [1.29, 1.82) is 0 Å². The second kappa shape index (κ2) is 6.66. The van der Waals surface area contributed by atoms with Gasteiger partial charge >= 0.3 is 12.2 Å². The van der Waals surface area contributed by atoms with Gasteiger partial charge < -0.3 is 15.5 Å². The molecule has 1 aromatic rings. The molecule has 1 heterocycles. The van der Waals surface area contributed by atoms with Crippen molar-refractivity contribution in [2.24, 2.45) is 0 Å². The minimum absolute atomic E-state index is 0.0622. The van der Waals surface area contributed by atoms with E-state index in [1.165, 1.54) is 11.9 Å². The Balaban J connectivity index is 2.13. The second-order valence-corrected chi connectivity index (χ2v) is 5.50. The molecular weight excluding hydrogens is 335 g/mol. The van der Waals surface area contributed by atoms with Crippen LogP contribution >= 0.6 is 11.6 Å². The molecule has 2 N–H and O–H groups in total. The lowest BCUT2D eigenvalue weighted by Gasteiger charge is -2.24. The quantitative estimate of drug-likeness (QED) is 0.862. The fourth-order valence-corrected chi connectivity index (χ4v) is 2.66. The Hall–Kier alpha value is -1.96. The first-order valence-corrected chi connectivity index (χ1v) is 7.28. The Morgan fingerprint density at radius 1 is 1.35 bits per heavy atom. The van der Waals surface area contributed by atoms with Gasteiger partial charge in [0.05, 0.1) is 16.3 Å². The van der Waals surface area contributed by atoms with Crippen molar-refractivity contribution in [3.05, 3.63) is 28.8 Å². The van der Waals surface area contributed by atoms with E-state index in [1.54, 1.807) is 0 Å². The van der Waals surface area contributed by atoms with Crippen LogP contribution in [0.1, 0.15) is 18.4 Å². The Morgan fingerprint density at radius 2 is 2.04 bits per heavy atom. The number of hydrogen-bond donors (Lipinski definition) is 2. The highest BCUT2D eigenvalue weighted by atomic mass is 35.5. The van der Waals surface area contributed by atoms with E-state index in [0.717, 1.165) is 18.2 Å². The third-order valence-electron chi connectivity index (χ3n) is 3.60. The number of likely N-dealkylation sites (tertiary alicyclic amines) is 1. The summed E-state index contributed by atoms with van der Waals surface area (Å²) in [5.74, 6) is -0.281. The van der Waals surface area contributed by atoms with E-state index in [-0.39, 0.29) is 16.6 Å². The summed E-state index contributed by atoms with van der Waals surface area (Å²) < 4.78 is 37.8. The van der Waals surface area contributed by atoms with Crippen molar-refractivity contribution in [3.8, 4) is 0 Å². The third kappa shape index (κ3) is 3.87. The van der Waals surface area contributed by atoms with Gasteiger partial charge in [-0.25, -0.2) is 4.79 Å². The molecule has 0 spiro atoms. The normalized spacial score (nSPS) is 18.0. The molecule has 1 unspecified atom stereocenters. The van der Waals surface area contributed by atoms with Gasteiger partial charge in [-0.2, -0.15) is 13.2 Å². The van der Waals surface area contributed by atoms with Gasteiger partial charge in [0.25, 0.3) is 0 Å². The van der Waals surface area contributed by atoms with E-state index < -0.39 is 23.8 Å². The number of anilines is 1. The van der Waals surface area contributed by atoms with Crippen LogP contribution < -0.4 is 10.6 Å². The average Bonchev–Trinajstić information content (AvgIpc) is 2.97. The van der Waals surface area contributed by atoms with Crippen molar-refractivity contribution < 1.29 is 22.8 Å². The fraction of sp³-hybridized carbons (Fsp3) is 0.429. The van der Waals surface area contributed by atoms with E-state index in [0.29, 0.717) is 19.4 Å². The number of likely N-dealkylation sites (N-methyl/N-ethyl adjacent to an activating group) is 1. The van der Waals surface area contributed by atoms with Gasteiger partial charge in [0.15, 0.2) is 0 Å². The lowest BCUT2D eigenvalue weighted by atomic mass is 10.2. The van der Waals surface area contributed by atoms with Crippen molar-refractivity contribution in [1.82, 2.24) is 10.2 Å². The number of benzene rings is 1. The Kier molecular flexibility index (Phi) is 5.03. The molecule has 0 aliphatic carbocycles. The SMILES string of the molecule is CNC(=O)C1CCCN1C(=O)Nc1ccc(C(F)(F)F)cc1Cl. The number of alkyl halides is 3. The van der Waals surface area contributed by atoms with Gasteiger partial charge in [-0.3, -0.25) is 4.79 Å². The highest BCUT2D eigenvalue weighted by molar-refractivity contribution is 6.33. The minimum atomic E-state index is -4.51. The zero-order valence-electron chi connectivity index (χ0n) is 12.2. The van der Waals surface area contributed by atoms with Crippen molar-refractivity contribution >= 4 is 29.2 Å². The summed E-state index contributed by atoms with van der Waals surface area (Å²) in [6, 6.07) is 1.51. The predicted octanol–water partition coefficient (Wildman–Crippen LogP) is 3.10. The van der Waals surface area contributed by atoms with E-state index in [9.17, 15) is 22.8 Å². The number of halogens is 4. The number of nitrogens with zero attached hydrogens (tertiary/aromatic N) is 1. The standard InChI is InChI=1S/C14H15ClF3N3O2/c1-19-12(22)11-3-2-6-21(11)13(23)20-10-5-4-8(7-9(10)15)14(16,17)18/h4-5,7,11H,2-3,6H2,1H3,(H,19,22)(H,20,23). The summed E-state index contributed by atoms with van der Waals surface area (Å²) in [6.07, 6.45) is -3.30. The first-order valence-electron chi connectivity index (χ1n) is 6.90. The van der Waals surface area contributed by atoms with Crippen molar-refractivity contribution in [3.63, 3.8) is 0 Å². The molecule has 23 heavy (non-hydrogen) atoms. The Morgan fingerprint density at radius 3 is 2.61 bits per heavy atom. The van der Waals surface area contributed by atoms with Crippen molar-refractivity contribution in [2.75, 3.05) is 18.9 Å². The van der Waals surface area contributed by atoms with Gasteiger partial charge in [0.1, 0.15) is 6.04 Å². The number of urea groups is 1.